The zero-order valence-corrected chi connectivity index (χ0v) is 15.8. The average Bonchev–Trinajstić information content (AvgIpc) is 3.11. The van der Waals surface area contributed by atoms with Gasteiger partial charge in [0.2, 0.25) is 0 Å². The van der Waals surface area contributed by atoms with Gasteiger partial charge in [-0.05, 0) is 59.2 Å². The fraction of sp³-hybridized carbons (Fsp3) is 0.412. The molecule has 1 atom stereocenters. The van der Waals surface area contributed by atoms with Crippen LogP contribution in [0.15, 0.2) is 17.7 Å². The summed E-state index contributed by atoms with van der Waals surface area (Å²) in [7, 11) is 3.10. The highest BCUT2D eigenvalue weighted by atomic mass is 127. The number of methoxy groups -OCH3 is 2. The summed E-state index contributed by atoms with van der Waals surface area (Å²) in [5.41, 5.74) is 0.759. The molecule has 0 spiro atoms. The number of nitriles is 1. The lowest BCUT2D eigenvalue weighted by Gasteiger charge is -2.11. The molecule has 1 aromatic rings. The number of carbonyl (C=O) groups excluding carboxylic acids is 1. The lowest BCUT2D eigenvalue weighted by Crippen LogP contribution is -2.32. The molecule has 7 heteroatoms. The van der Waals surface area contributed by atoms with Gasteiger partial charge in [0, 0.05) is 16.7 Å². The summed E-state index contributed by atoms with van der Waals surface area (Å²) >= 11 is 2.13. The van der Waals surface area contributed by atoms with Gasteiger partial charge in [-0.1, -0.05) is 0 Å². The summed E-state index contributed by atoms with van der Waals surface area (Å²) in [5.74, 6) is 0.736. The highest BCUT2D eigenvalue weighted by Crippen LogP contribution is 2.32. The topological polar surface area (TPSA) is 80.6 Å². The molecule has 0 aliphatic carbocycles. The van der Waals surface area contributed by atoms with Crippen LogP contribution in [0.5, 0.6) is 11.5 Å². The van der Waals surface area contributed by atoms with Gasteiger partial charge in [0.25, 0.3) is 5.91 Å². The summed E-state index contributed by atoms with van der Waals surface area (Å²) in [6, 6.07) is 5.49. The second-order valence-electron chi connectivity index (χ2n) is 5.24. The molecule has 1 aromatic carbocycles. The number of halogens is 1. The van der Waals surface area contributed by atoms with Crippen LogP contribution in [0.4, 0.5) is 0 Å². The molecule has 0 radical (unpaired) electrons. The van der Waals surface area contributed by atoms with E-state index in [4.69, 9.17) is 14.2 Å². The number of ether oxygens (including phenoxy) is 3. The lowest BCUT2D eigenvalue weighted by atomic mass is 10.1. The molecule has 2 rings (SSSR count). The van der Waals surface area contributed by atoms with Gasteiger partial charge >= 0.3 is 0 Å². The van der Waals surface area contributed by atoms with Crippen LogP contribution in [0.1, 0.15) is 18.4 Å². The Kier molecular flexibility index (Phi) is 6.87. The molecular formula is C17H19IN2O4. The van der Waals surface area contributed by atoms with Crippen LogP contribution in [0.3, 0.4) is 0 Å². The maximum atomic E-state index is 12.2. The SMILES string of the molecule is COc1cc(I)c(/C=C(\C#N)C(=O)NC[C@H]2CCCO2)cc1OC. The number of nitrogens with one attached hydrogen (secondary N) is 1. The van der Waals surface area contributed by atoms with Gasteiger partial charge in [-0.15, -0.1) is 0 Å². The van der Waals surface area contributed by atoms with Crippen molar-refractivity contribution in [3.63, 3.8) is 0 Å². The number of benzene rings is 1. The molecule has 0 bridgehead atoms. The standard InChI is InChI=1S/C17H19IN2O4/c1-22-15-7-11(14(18)8-16(15)23-2)6-12(9-19)17(21)20-10-13-4-3-5-24-13/h6-8,13H,3-5,10H2,1-2H3,(H,20,21)/b12-6+/t13-/m1/s1. The third-order valence-corrected chi connectivity index (χ3v) is 4.62. The fourth-order valence-corrected chi connectivity index (χ4v) is 2.99. The summed E-state index contributed by atoms with van der Waals surface area (Å²) in [6.45, 7) is 1.15. The first-order valence-electron chi connectivity index (χ1n) is 7.52. The summed E-state index contributed by atoms with van der Waals surface area (Å²) in [5, 5.41) is 12.1. The van der Waals surface area contributed by atoms with E-state index in [1.807, 2.05) is 6.07 Å². The van der Waals surface area contributed by atoms with E-state index in [-0.39, 0.29) is 11.7 Å². The molecule has 1 fully saturated rings. The Morgan fingerprint density at radius 1 is 1.46 bits per heavy atom. The van der Waals surface area contributed by atoms with E-state index in [0.717, 1.165) is 28.6 Å². The highest BCUT2D eigenvalue weighted by molar-refractivity contribution is 14.1. The third-order valence-electron chi connectivity index (χ3n) is 3.68. The van der Waals surface area contributed by atoms with Crippen LogP contribution in [0, 0.1) is 14.9 Å². The molecular weight excluding hydrogens is 423 g/mol. The van der Waals surface area contributed by atoms with Crippen molar-refractivity contribution >= 4 is 34.6 Å². The monoisotopic (exact) mass is 442 g/mol. The number of hydrogen-bond acceptors (Lipinski definition) is 5. The predicted molar refractivity (Wildman–Crippen MR) is 97.8 cm³/mol. The van der Waals surface area contributed by atoms with E-state index in [9.17, 15) is 10.1 Å². The summed E-state index contributed by atoms with van der Waals surface area (Å²) in [6.07, 6.45) is 3.52. The molecule has 1 amide bonds. The molecule has 0 unspecified atom stereocenters. The second-order valence-corrected chi connectivity index (χ2v) is 6.41. The van der Waals surface area contributed by atoms with Crippen molar-refractivity contribution in [1.29, 1.82) is 5.26 Å². The predicted octanol–water partition coefficient (Wildman–Crippen LogP) is 2.51. The molecule has 1 heterocycles. The van der Waals surface area contributed by atoms with Gasteiger partial charge in [0.05, 0.1) is 20.3 Å². The number of nitrogens with zero attached hydrogens (tertiary/aromatic N) is 1. The molecule has 1 aliphatic rings. The number of amides is 1. The van der Waals surface area contributed by atoms with Crippen LogP contribution in [-0.4, -0.2) is 39.4 Å². The molecule has 1 N–H and O–H groups in total. The second kappa shape index (κ2) is 8.89. The van der Waals surface area contributed by atoms with E-state index in [0.29, 0.717) is 18.0 Å². The van der Waals surface area contributed by atoms with Crippen molar-refractivity contribution < 1.29 is 19.0 Å². The quantitative estimate of drug-likeness (QED) is 0.416. The molecule has 6 nitrogen and oxygen atoms in total. The van der Waals surface area contributed by atoms with Gasteiger partial charge in [-0.2, -0.15) is 5.26 Å². The largest absolute Gasteiger partial charge is 0.493 e. The van der Waals surface area contributed by atoms with E-state index in [2.05, 4.69) is 27.9 Å². The first-order valence-corrected chi connectivity index (χ1v) is 8.60. The number of hydrogen-bond donors (Lipinski definition) is 1. The zero-order valence-electron chi connectivity index (χ0n) is 13.6. The van der Waals surface area contributed by atoms with Gasteiger partial charge in [-0.25, -0.2) is 0 Å². The Morgan fingerprint density at radius 2 is 2.17 bits per heavy atom. The Labute approximate surface area is 154 Å². The number of rotatable bonds is 6. The molecule has 24 heavy (non-hydrogen) atoms. The van der Waals surface area contributed by atoms with Crippen LogP contribution >= 0.6 is 22.6 Å². The van der Waals surface area contributed by atoms with Crippen molar-refractivity contribution in [1.82, 2.24) is 5.32 Å². The van der Waals surface area contributed by atoms with Crippen LogP contribution < -0.4 is 14.8 Å². The van der Waals surface area contributed by atoms with E-state index in [1.165, 1.54) is 7.11 Å². The van der Waals surface area contributed by atoms with Gasteiger partial charge < -0.3 is 19.5 Å². The molecule has 128 valence electrons. The molecule has 1 aliphatic heterocycles. The van der Waals surface area contributed by atoms with E-state index in [1.54, 1.807) is 25.3 Å². The summed E-state index contributed by atoms with van der Waals surface area (Å²) in [4.78, 5) is 12.2. The van der Waals surface area contributed by atoms with Crippen molar-refractivity contribution in [2.24, 2.45) is 0 Å². The maximum absolute atomic E-state index is 12.2. The number of carbonyl (C=O) groups is 1. The van der Waals surface area contributed by atoms with Crippen LogP contribution in [0.25, 0.3) is 6.08 Å². The highest BCUT2D eigenvalue weighted by Gasteiger charge is 2.18. The molecule has 0 saturated carbocycles. The normalized spacial score (nSPS) is 17.2. The Morgan fingerprint density at radius 3 is 2.75 bits per heavy atom. The average molecular weight is 442 g/mol. The van der Waals surface area contributed by atoms with Crippen molar-refractivity contribution in [3.05, 3.63) is 26.8 Å². The minimum atomic E-state index is -0.404. The van der Waals surface area contributed by atoms with E-state index < -0.39 is 5.91 Å². The van der Waals surface area contributed by atoms with Crippen molar-refractivity contribution in [2.75, 3.05) is 27.4 Å². The van der Waals surface area contributed by atoms with E-state index >= 15 is 0 Å². The van der Waals surface area contributed by atoms with Crippen LogP contribution in [0.2, 0.25) is 0 Å². The Bertz CT molecular complexity index is 676. The molecule has 0 aromatic heterocycles. The lowest BCUT2D eigenvalue weighted by molar-refractivity contribution is -0.117. The van der Waals surface area contributed by atoms with Gasteiger partial charge in [-0.3, -0.25) is 4.79 Å². The minimum absolute atomic E-state index is 0.0371. The zero-order chi connectivity index (χ0) is 17.5. The van der Waals surface area contributed by atoms with Crippen LogP contribution in [-0.2, 0) is 9.53 Å². The van der Waals surface area contributed by atoms with Crippen molar-refractivity contribution in [3.8, 4) is 17.6 Å². The first kappa shape index (κ1) is 18.5. The summed E-state index contributed by atoms with van der Waals surface area (Å²) < 4.78 is 16.8. The maximum Gasteiger partial charge on any atom is 0.262 e. The smallest absolute Gasteiger partial charge is 0.262 e. The van der Waals surface area contributed by atoms with Gasteiger partial charge in [0.15, 0.2) is 11.5 Å². The Balaban J connectivity index is 2.16. The van der Waals surface area contributed by atoms with Crippen molar-refractivity contribution in [2.45, 2.75) is 18.9 Å². The van der Waals surface area contributed by atoms with Gasteiger partial charge in [0.1, 0.15) is 11.6 Å². The molecule has 1 saturated heterocycles. The third kappa shape index (κ3) is 4.61. The fourth-order valence-electron chi connectivity index (χ4n) is 2.39. The Hall–Kier alpha value is -1.79. The first-order chi connectivity index (χ1) is 11.6. The minimum Gasteiger partial charge on any atom is -0.493 e.